The maximum absolute atomic E-state index is 12.6. The number of fused-ring (bicyclic) bond motifs is 1. The van der Waals surface area contributed by atoms with Crippen molar-refractivity contribution in [2.75, 3.05) is 13.2 Å². The minimum atomic E-state index is -0.412. The van der Waals surface area contributed by atoms with Crippen molar-refractivity contribution in [3.8, 4) is 39.7 Å². The summed E-state index contributed by atoms with van der Waals surface area (Å²) in [6, 6.07) is 17.7. The highest BCUT2D eigenvalue weighted by Crippen LogP contribution is 2.26. The Kier molecular flexibility index (Phi) is 8.48. The van der Waals surface area contributed by atoms with Crippen molar-refractivity contribution in [1.29, 1.82) is 0 Å². The standard InChI is InChI=1S/C33H33N3O5/c1-3-22-7-17-27-28(18-8-22)35-29(20-30(27)36-31(37)21-34-33(36)39)25-11-9-23(10-12-25)24-13-15-26(16-14-24)41-19-5-6-32(38)40-4-2/h8-18,20-21,37H,3-7,19H2,1-2H3,(H,34,39). The molecular formula is C33H33N3O5. The van der Waals surface area contributed by atoms with Gasteiger partial charge in [0.1, 0.15) is 5.75 Å². The van der Waals surface area contributed by atoms with Crippen molar-refractivity contribution >= 4 is 18.1 Å². The molecule has 8 heteroatoms. The van der Waals surface area contributed by atoms with Crippen molar-refractivity contribution in [2.24, 2.45) is 0 Å². The van der Waals surface area contributed by atoms with Gasteiger partial charge in [-0.05, 0) is 61.6 Å². The minimum absolute atomic E-state index is 0.155. The smallest absolute Gasteiger partial charge is 0.333 e. The first-order valence-corrected chi connectivity index (χ1v) is 13.9. The predicted octanol–water partition coefficient (Wildman–Crippen LogP) is 4.62. The second kappa shape index (κ2) is 12.6. The van der Waals surface area contributed by atoms with Crippen molar-refractivity contribution in [1.82, 2.24) is 14.5 Å². The van der Waals surface area contributed by atoms with Crippen molar-refractivity contribution in [3.05, 3.63) is 93.5 Å². The number of esters is 1. The average Bonchev–Trinajstić information content (AvgIpc) is 3.19. The van der Waals surface area contributed by atoms with Gasteiger partial charge in [0, 0.05) is 17.2 Å². The number of imidazole rings is 1. The van der Waals surface area contributed by atoms with E-state index in [1.54, 1.807) is 6.92 Å². The van der Waals surface area contributed by atoms with Crippen molar-refractivity contribution in [2.45, 2.75) is 39.5 Å². The third-order valence-corrected chi connectivity index (χ3v) is 7.03. The predicted molar refractivity (Wildman–Crippen MR) is 159 cm³/mol. The molecule has 0 saturated heterocycles. The summed E-state index contributed by atoms with van der Waals surface area (Å²) in [5, 5.41) is 12.0. The van der Waals surface area contributed by atoms with E-state index in [2.05, 4.69) is 24.1 Å². The molecule has 8 nitrogen and oxygen atoms in total. The molecule has 0 radical (unpaired) electrons. The van der Waals surface area contributed by atoms with Gasteiger partial charge in [-0.2, -0.15) is 0 Å². The monoisotopic (exact) mass is 551 g/mol. The van der Waals surface area contributed by atoms with Crippen LogP contribution < -0.4 is 21.0 Å². The first-order chi connectivity index (χ1) is 20.0. The van der Waals surface area contributed by atoms with E-state index in [-0.39, 0.29) is 11.8 Å². The number of rotatable bonds is 10. The molecule has 2 N–H and O–H groups in total. The summed E-state index contributed by atoms with van der Waals surface area (Å²) in [6.07, 6.45) is 10.0. The fourth-order valence-corrected chi connectivity index (χ4v) is 4.80. The summed E-state index contributed by atoms with van der Waals surface area (Å²) in [7, 11) is 0. The SMILES string of the molecule is CCOC(=O)CCCOc1ccc(-c2ccc(-c3cc(-n4c(O)c[nH]c4=O)c4c(n3)=CC=C(CC)CC=4)cc2)cc1. The van der Waals surface area contributed by atoms with E-state index in [9.17, 15) is 14.7 Å². The quantitative estimate of drug-likeness (QED) is 0.220. The molecule has 0 saturated carbocycles. The molecule has 41 heavy (non-hydrogen) atoms. The van der Waals surface area contributed by atoms with Crippen LogP contribution in [0.25, 0.3) is 40.2 Å². The first kappa shape index (κ1) is 27.7. The molecule has 0 unspecified atom stereocenters. The van der Waals surface area contributed by atoms with E-state index in [4.69, 9.17) is 14.5 Å². The summed E-state index contributed by atoms with van der Waals surface area (Å²) in [5.74, 6) is 0.382. The lowest BCUT2D eigenvalue weighted by Gasteiger charge is -2.10. The molecule has 2 heterocycles. The van der Waals surface area contributed by atoms with Crippen LogP contribution in [0.3, 0.4) is 0 Å². The Balaban J connectivity index is 1.39. The van der Waals surface area contributed by atoms with Crippen LogP contribution in [-0.2, 0) is 9.53 Å². The number of ether oxygens (including phenoxy) is 2. The van der Waals surface area contributed by atoms with E-state index in [1.807, 2.05) is 60.7 Å². The number of aromatic hydroxyl groups is 1. The van der Waals surface area contributed by atoms with Crippen LogP contribution in [0.2, 0.25) is 0 Å². The first-order valence-electron chi connectivity index (χ1n) is 13.9. The van der Waals surface area contributed by atoms with Gasteiger partial charge in [-0.25, -0.2) is 14.3 Å². The third kappa shape index (κ3) is 6.32. The highest BCUT2D eigenvalue weighted by atomic mass is 16.5. The Morgan fingerprint density at radius 2 is 1.73 bits per heavy atom. The van der Waals surface area contributed by atoms with Crippen LogP contribution in [0.4, 0.5) is 0 Å². The van der Waals surface area contributed by atoms with Gasteiger partial charge in [0.25, 0.3) is 0 Å². The lowest BCUT2D eigenvalue weighted by Crippen LogP contribution is -2.34. The molecule has 2 aromatic heterocycles. The molecule has 5 rings (SSSR count). The number of nitrogens with zero attached hydrogens (tertiary/aromatic N) is 2. The number of hydrogen-bond acceptors (Lipinski definition) is 6. The number of nitrogens with one attached hydrogen (secondary N) is 1. The zero-order chi connectivity index (χ0) is 28.8. The van der Waals surface area contributed by atoms with Gasteiger partial charge in [0.05, 0.1) is 36.1 Å². The van der Waals surface area contributed by atoms with Crippen molar-refractivity contribution < 1.29 is 19.4 Å². The summed E-state index contributed by atoms with van der Waals surface area (Å²) in [5.41, 5.74) is 5.09. The number of benzene rings is 2. The summed E-state index contributed by atoms with van der Waals surface area (Å²) in [6.45, 7) is 4.74. The third-order valence-electron chi connectivity index (χ3n) is 7.03. The lowest BCUT2D eigenvalue weighted by atomic mass is 10.0. The largest absolute Gasteiger partial charge is 0.494 e. The Morgan fingerprint density at radius 1 is 1.02 bits per heavy atom. The molecule has 4 aromatic rings. The molecule has 210 valence electrons. The van der Waals surface area contributed by atoms with Gasteiger partial charge in [-0.15, -0.1) is 0 Å². The molecule has 1 aliphatic carbocycles. The summed E-state index contributed by atoms with van der Waals surface area (Å²) in [4.78, 5) is 31.5. The minimum Gasteiger partial charge on any atom is -0.494 e. The van der Waals surface area contributed by atoms with E-state index in [0.717, 1.165) is 45.8 Å². The van der Waals surface area contributed by atoms with Crippen LogP contribution in [0.15, 0.2) is 77.2 Å². The fourth-order valence-electron chi connectivity index (χ4n) is 4.80. The van der Waals surface area contributed by atoms with Gasteiger partial charge in [-0.3, -0.25) is 4.79 Å². The molecule has 0 aliphatic heterocycles. The normalized spacial score (nSPS) is 12.4. The summed E-state index contributed by atoms with van der Waals surface area (Å²) >= 11 is 0. The van der Waals surface area contributed by atoms with Crippen LogP contribution in [-0.4, -0.2) is 38.8 Å². The van der Waals surface area contributed by atoms with Gasteiger partial charge in [0.2, 0.25) is 5.88 Å². The number of H-pyrrole nitrogens is 1. The molecule has 0 bridgehead atoms. The molecule has 0 fully saturated rings. The van der Waals surface area contributed by atoms with Crippen molar-refractivity contribution in [3.63, 3.8) is 0 Å². The zero-order valence-electron chi connectivity index (χ0n) is 23.2. The number of pyridine rings is 1. The molecule has 0 atom stereocenters. The van der Waals surface area contributed by atoms with Crippen LogP contribution in [0.1, 0.15) is 39.5 Å². The Labute approximate surface area is 237 Å². The number of carbonyl (C=O) groups excluding carboxylic acids is 1. The van der Waals surface area contributed by atoms with E-state index >= 15 is 0 Å². The maximum atomic E-state index is 12.6. The van der Waals surface area contributed by atoms with Crippen LogP contribution >= 0.6 is 0 Å². The van der Waals surface area contributed by atoms with E-state index in [0.29, 0.717) is 37.4 Å². The molecule has 2 aromatic carbocycles. The Hall–Kier alpha value is -4.85. The highest BCUT2D eigenvalue weighted by molar-refractivity contribution is 5.71. The number of aromatic amines is 1. The molecule has 0 spiro atoms. The second-order valence-corrected chi connectivity index (χ2v) is 9.73. The lowest BCUT2D eigenvalue weighted by molar-refractivity contribution is -0.143. The van der Waals surface area contributed by atoms with E-state index < -0.39 is 5.69 Å². The molecular weight excluding hydrogens is 518 g/mol. The number of hydrogen-bond donors (Lipinski definition) is 2. The zero-order valence-corrected chi connectivity index (χ0v) is 23.2. The average molecular weight is 552 g/mol. The topological polar surface area (TPSA) is 106 Å². The van der Waals surface area contributed by atoms with Gasteiger partial charge < -0.3 is 19.6 Å². The van der Waals surface area contributed by atoms with Gasteiger partial charge in [-0.1, -0.05) is 61.0 Å². The second-order valence-electron chi connectivity index (χ2n) is 9.73. The van der Waals surface area contributed by atoms with Crippen LogP contribution in [0.5, 0.6) is 11.6 Å². The number of carbonyl (C=O) groups is 1. The number of allylic oxidation sites excluding steroid dienone is 2. The van der Waals surface area contributed by atoms with E-state index in [1.165, 1.54) is 16.3 Å². The molecule has 0 amide bonds. The Bertz CT molecular complexity index is 1750. The fraction of sp³-hybridized carbons (Fsp3) is 0.242. The highest BCUT2D eigenvalue weighted by Gasteiger charge is 2.14. The number of aromatic nitrogens is 3. The van der Waals surface area contributed by atoms with Gasteiger partial charge in [0.15, 0.2) is 0 Å². The Morgan fingerprint density at radius 3 is 2.39 bits per heavy atom. The maximum Gasteiger partial charge on any atom is 0.333 e. The molecule has 1 aliphatic rings. The summed E-state index contributed by atoms with van der Waals surface area (Å²) < 4.78 is 12.0. The van der Waals surface area contributed by atoms with Crippen LogP contribution in [0, 0.1) is 0 Å². The van der Waals surface area contributed by atoms with Gasteiger partial charge >= 0.3 is 11.7 Å².